The molecule has 2 aromatic rings. The second-order valence-corrected chi connectivity index (χ2v) is 10.3. The molecule has 0 spiro atoms. The van der Waals surface area contributed by atoms with Crippen LogP contribution in [0.3, 0.4) is 0 Å². The van der Waals surface area contributed by atoms with E-state index in [4.69, 9.17) is 14.2 Å². The summed E-state index contributed by atoms with van der Waals surface area (Å²) in [6.45, 7) is 7.27. The predicted octanol–water partition coefficient (Wildman–Crippen LogP) is 2.37. The lowest BCUT2D eigenvalue weighted by molar-refractivity contribution is -0.0239. The summed E-state index contributed by atoms with van der Waals surface area (Å²) in [5, 5.41) is 6.62. The number of hydrazine groups is 1. The standard InChI is InChI=1S/C29H41N5O4/c35-29(23-6-8-24(9-7-23)30-12-13-34-14-16-36-17-15-34)31-28-26-11-10-25(20-27(26)32-33-28)38-19-18-37-21-22-4-2-1-3-5-22/h1-9,25-28,30,32-33H,10-21H2,(H,31,35). The Morgan fingerprint density at radius 1 is 1.00 bits per heavy atom. The monoisotopic (exact) mass is 523 g/mol. The zero-order chi connectivity index (χ0) is 26.0. The normalized spacial score (nSPS) is 25.6. The van der Waals surface area contributed by atoms with Gasteiger partial charge in [-0.3, -0.25) is 15.1 Å². The maximum atomic E-state index is 12.9. The molecule has 206 valence electrons. The third-order valence-electron chi connectivity index (χ3n) is 7.70. The van der Waals surface area contributed by atoms with Crippen molar-refractivity contribution in [2.24, 2.45) is 5.92 Å². The highest BCUT2D eigenvalue weighted by atomic mass is 16.5. The number of benzene rings is 2. The summed E-state index contributed by atoms with van der Waals surface area (Å²) in [6.07, 6.45) is 3.03. The number of anilines is 1. The van der Waals surface area contributed by atoms with Crippen LogP contribution in [0.5, 0.6) is 0 Å². The molecule has 0 aromatic heterocycles. The Kier molecular flexibility index (Phi) is 9.99. The van der Waals surface area contributed by atoms with Crippen molar-refractivity contribution >= 4 is 11.6 Å². The zero-order valence-corrected chi connectivity index (χ0v) is 22.1. The van der Waals surface area contributed by atoms with Gasteiger partial charge in [0.25, 0.3) is 5.91 Å². The van der Waals surface area contributed by atoms with E-state index in [9.17, 15) is 4.79 Å². The van der Waals surface area contributed by atoms with E-state index in [1.165, 1.54) is 5.56 Å². The number of amides is 1. The number of rotatable bonds is 12. The molecule has 2 aliphatic heterocycles. The van der Waals surface area contributed by atoms with Crippen molar-refractivity contribution in [3.63, 3.8) is 0 Å². The first-order chi connectivity index (χ1) is 18.7. The molecule has 38 heavy (non-hydrogen) atoms. The SMILES string of the molecule is O=C(NC1NNC2CC(OCCOCc3ccccc3)CCC21)c1ccc(NCCN2CCOCC2)cc1. The van der Waals surface area contributed by atoms with Crippen LogP contribution in [-0.4, -0.2) is 81.7 Å². The lowest BCUT2D eigenvalue weighted by atomic mass is 9.82. The van der Waals surface area contributed by atoms with Crippen molar-refractivity contribution in [3.05, 3.63) is 65.7 Å². The largest absolute Gasteiger partial charge is 0.384 e. The van der Waals surface area contributed by atoms with Crippen molar-refractivity contribution in [2.45, 2.75) is 44.2 Å². The van der Waals surface area contributed by atoms with E-state index in [0.717, 1.165) is 64.3 Å². The summed E-state index contributed by atoms with van der Waals surface area (Å²) >= 11 is 0. The van der Waals surface area contributed by atoms with Gasteiger partial charge in [0.2, 0.25) is 0 Å². The highest BCUT2D eigenvalue weighted by molar-refractivity contribution is 5.94. The number of nitrogens with one attached hydrogen (secondary N) is 4. The Bertz CT molecular complexity index is 986. The molecular formula is C29H41N5O4. The molecule has 5 rings (SSSR count). The number of morpholine rings is 1. The Morgan fingerprint density at radius 2 is 1.82 bits per heavy atom. The predicted molar refractivity (Wildman–Crippen MR) is 147 cm³/mol. The van der Waals surface area contributed by atoms with Crippen LogP contribution in [0.4, 0.5) is 5.69 Å². The van der Waals surface area contributed by atoms with E-state index in [0.29, 0.717) is 31.3 Å². The number of hydrogen-bond donors (Lipinski definition) is 4. The van der Waals surface area contributed by atoms with E-state index >= 15 is 0 Å². The van der Waals surface area contributed by atoms with E-state index < -0.39 is 0 Å². The van der Waals surface area contributed by atoms with Crippen molar-refractivity contribution in [1.29, 1.82) is 0 Å². The van der Waals surface area contributed by atoms with Gasteiger partial charge in [0, 0.05) is 49.4 Å². The third-order valence-corrected chi connectivity index (χ3v) is 7.70. The summed E-state index contributed by atoms with van der Waals surface area (Å²) in [6, 6.07) is 18.2. The molecule has 4 N–H and O–H groups in total. The van der Waals surface area contributed by atoms with Gasteiger partial charge in [-0.15, -0.1) is 0 Å². The Hall–Kier alpha value is -2.53. The van der Waals surface area contributed by atoms with Crippen molar-refractivity contribution in [3.8, 4) is 0 Å². The Morgan fingerprint density at radius 3 is 2.63 bits per heavy atom. The van der Waals surface area contributed by atoms with Gasteiger partial charge in [-0.2, -0.15) is 0 Å². The van der Waals surface area contributed by atoms with Crippen LogP contribution in [-0.2, 0) is 20.8 Å². The van der Waals surface area contributed by atoms with Gasteiger partial charge >= 0.3 is 0 Å². The van der Waals surface area contributed by atoms with Crippen LogP contribution >= 0.6 is 0 Å². The molecule has 4 unspecified atom stereocenters. The fourth-order valence-electron chi connectivity index (χ4n) is 5.50. The van der Waals surface area contributed by atoms with Crippen LogP contribution in [0.15, 0.2) is 54.6 Å². The lowest BCUT2D eigenvalue weighted by Crippen LogP contribution is -2.47. The van der Waals surface area contributed by atoms with Crippen LogP contribution in [0.1, 0.15) is 35.2 Å². The first kappa shape index (κ1) is 27.1. The van der Waals surface area contributed by atoms with Crippen LogP contribution < -0.4 is 21.5 Å². The fourth-order valence-corrected chi connectivity index (χ4v) is 5.50. The van der Waals surface area contributed by atoms with Crippen molar-refractivity contribution < 1.29 is 19.0 Å². The topological polar surface area (TPSA) is 96.1 Å². The molecule has 2 heterocycles. The highest BCUT2D eigenvalue weighted by Crippen LogP contribution is 2.31. The van der Waals surface area contributed by atoms with Gasteiger partial charge in [0.15, 0.2) is 0 Å². The Balaban J connectivity index is 0.985. The van der Waals surface area contributed by atoms with Crippen molar-refractivity contribution in [2.75, 3.05) is 57.9 Å². The molecule has 1 amide bonds. The number of carbonyl (C=O) groups is 1. The maximum absolute atomic E-state index is 12.9. The van der Waals surface area contributed by atoms with Crippen LogP contribution in [0.2, 0.25) is 0 Å². The second-order valence-electron chi connectivity index (χ2n) is 10.3. The molecule has 1 aliphatic carbocycles. The van der Waals surface area contributed by atoms with Crippen molar-refractivity contribution in [1.82, 2.24) is 21.1 Å². The van der Waals surface area contributed by atoms with E-state index in [2.05, 4.69) is 38.5 Å². The molecule has 9 nitrogen and oxygen atoms in total. The molecule has 1 saturated carbocycles. The number of fused-ring (bicyclic) bond motifs is 1. The smallest absolute Gasteiger partial charge is 0.252 e. The molecule has 0 bridgehead atoms. The number of ether oxygens (including phenoxy) is 3. The number of nitrogens with zero attached hydrogens (tertiary/aromatic N) is 1. The summed E-state index contributed by atoms with van der Waals surface area (Å²) < 4.78 is 17.2. The second kappa shape index (κ2) is 14.0. The number of carbonyl (C=O) groups excluding carboxylic acids is 1. The third kappa shape index (κ3) is 7.75. The maximum Gasteiger partial charge on any atom is 0.252 e. The summed E-state index contributed by atoms with van der Waals surface area (Å²) in [4.78, 5) is 15.3. The van der Waals surface area contributed by atoms with Gasteiger partial charge in [0.05, 0.1) is 45.3 Å². The van der Waals surface area contributed by atoms with E-state index in [1.54, 1.807) is 0 Å². The first-order valence-corrected chi connectivity index (χ1v) is 13.9. The minimum atomic E-state index is -0.0889. The zero-order valence-electron chi connectivity index (χ0n) is 22.1. The highest BCUT2D eigenvalue weighted by Gasteiger charge is 2.41. The number of hydrogen-bond acceptors (Lipinski definition) is 8. The minimum Gasteiger partial charge on any atom is -0.384 e. The molecule has 2 saturated heterocycles. The van der Waals surface area contributed by atoms with E-state index in [-0.39, 0.29) is 24.2 Å². The Labute approximate surface area is 225 Å². The van der Waals surface area contributed by atoms with Gasteiger partial charge < -0.3 is 24.8 Å². The van der Waals surface area contributed by atoms with Gasteiger partial charge in [-0.1, -0.05) is 30.3 Å². The summed E-state index contributed by atoms with van der Waals surface area (Å²) in [7, 11) is 0. The van der Waals surface area contributed by atoms with Crippen LogP contribution in [0, 0.1) is 5.92 Å². The molecule has 2 aromatic carbocycles. The lowest BCUT2D eigenvalue weighted by Gasteiger charge is -2.32. The first-order valence-electron chi connectivity index (χ1n) is 13.9. The molecular weight excluding hydrogens is 482 g/mol. The van der Waals surface area contributed by atoms with Crippen LogP contribution in [0.25, 0.3) is 0 Å². The molecule has 3 fully saturated rings. The van der Waals surface area contributed by atoms with Gasteiger partial charge in [-0.25, -0.2) is 5.43 Å². The molecule has 3 aliphatic rings. The minimum absolute atomic E-state index is 0.0567. The molecule has 9 heteroatoms. The molecule has 0 radical (unpaired) electrons. The van der Waals surface area contributed by atoms with Gasteiger partial charge in [-0.05, 0) is 49.1 Å². The summed E-state index contributed by atoms with van der Waals surface area (Å²) in [5.41, 5.74) is 9.55. The van der Waals surface area contributed by atoms with Gasteiger partial charge in [0.1, 0.15) is 0 Å². The summed E-state index contributed by atoms with van der Waals surface area (Å²) in [5.74, 6) is 0.285. The fraction of sp³-hybridized carbons (Fsp3) is 0.552. The average Bonchev–Trinajstić information content (AvgIpc) is 3.36. The van der Waals surface area contributed by atoms with E-state index in [1.807, 2.05) is 42.5 Å². The average molecular weight is 524 g/mol. The quantitative estimate of drug-likeness (QED) is 0.315. The molecule has 4 atom stereocenters.